The Hall–Kier alpha value is -2.78. The van der Waals surface area contributed by atoms with Gasteiger partial charge in [-0.2, -0.15) is 0 Å². The molecule has 11 heteroatoms. The Morgan fingerprint density at radius 2 is 1.62 bits per heavy atom. The molecule has 0 aromatic heterocycles. The molecular formula is C31H36Cl3N3O4S. The molecular weight excluding hydrogens is 617 g/mol. The number of hydrogen-bond acceptors (Lipinski definition) is 4. The van der Waals surface area contributed by atoms with Crippen molar-refractivity contribution in [1.82, 2.24) is 10.2 Å². The number of nitrogens with one attached hydrogen (secondary N) is 1. The van der Waals surface area contributed by atoms with Crippen LogP contribution in [0.2, 0.25) is 15.1 Å². The first-order chi connectivity index (χ1) is 19.9. The summed E-state index contributed by atoms with van der Waals surface area (Å²) in [4.78, 5) is 29.1. The highest BCUT2D eigenvalue weighted by Crippen LogP contribution is 2.26. The molecule has 0 bridgehead atoms. The van der Waals surface area contributed by atoms with Crippen molar-refractivity contribution in [2.75, 3.05) is 17.1 Å². The van der Waals surface area contributed by atoms with Crippen molar-refractivity contribution in [3.05, 3.63) is 99.0 Å². The van der Waals surface area contributed by atoms with E-state index in [4.69, 9.17) is 34.8 Å². The van der Waals surface area contributed by atoms with Crippen LogP contribution < -0.4 is 9.62 Å². The first kappa shape index (κ1) is 33.7. The van der Waals surface area contributed by atoms with Crippen molar-refractivity contribution in [3.8, 4) is 0 Å². The Morgan fingerprint density at radius 3 is 2.24 bits per heavy atom. The molecule has 42 heavy (non-hydrogen) atoms. The smallest absolute Gasteiger partial charge is 0.243 e. The fraction of sp³-hybridized carbons (Fsp3) is 0.355. The number of carbonyl (C=O) groups excluding carboxylic acids is 2. The fourth-order valence-corrected chi connectivity index (χ4v) is 5.93. The zero-order valence-corrected chi connectivity index (χ0v) is 27.0. The summed E-state index contributed by atoms with van der Waals surface area (Å²) in [5.74, 6) is -0.556. The van der Waals surface area contributed by atoms with Gasteiger partial charge in [0.2, 0.25) is 21.8 Å². The predicted octanol–water partition coefficient (Wildman–Crippen LogP) is 6.75. The SMILES string of the molecule is CC[C@@H](C)NC(=O)[C@@H](Cc1ccccc1)N(Cc1ccc(Cl)c(Cl)c1)C(=O)CCCN(c1cccc(Cl)c1)S(C)(=O)=O. The number of nitrogens with zero attached hydrogens (tertiary/aromatic N) is 2. The largest absolute Gasteiger partial charge is 0.352 e. The van der Waals surface area contributed by atoms with Gasteiger partial charge in [0.15, 0.2) is 0 Å². The first-order valence-corrected chi connectivity index (χ1v) is 16.7. The number of amides is 2. The van der Waals surface area contributed by atoms with E-state index >= 15 is 0 Å². The second kappa shape index (κ2) is 15.6. The molecule has 3 aromatic carbocycles. The average molecular weight is 653 g/mol. The Balaban J connectivity index is 1.91. The van der Waals surface area contributed by atoms with Crippen molar-refractivity contribution in [1.29, 1.82) is 0 Å². The van der Waals surface area contributed by atoms with Gasteiger partial charge in [0.25, 0.3) is 0 Å². The summed E-state index contributed by atoms with van der Waals surface area (Å²) in [6, 6.07) is 20.3. The number of hydrogen-bond donors (Lipinski definition) is 1. The molecule has 0 heterocycles. The summed E-state index contributed by atoms with van der Waals surface area (Å²) < 4.78 is 26.4. The van der Waals surface area contributed by atoms with Gasteiger partial charge >= 0.3 is 0 Å². The van der Waals surface area contributed by atoms with Crippen LogP contribution in [-0.2, 0) is 32.6 Å². The minimum Gasteiger partial charge on any atom is -0.352 e. The number of halogens is 3. The quantitative estimate of drug-likeness (QED) is 0.209. The van der Waals surface area contributed by atoms with Crippen LogP contribution in [0.1, 0.15) is 44.2 Å². The van der Waals surface area contributed by atoms with Gasteiger partial charge in [-0.05, 0) is 61.2 Å². The van der Waals surface area contributed by atoms with Gasteiger partial charge in [0, 0.05) is 37.0 Å². The van der Waals surface area contributed by atoms with Gasteiger partial charge < -0.3 is 10.2 Å². The lowest BCUT2D eigenvalue weighted by Crippen LogP contribution is -2.52. The van der Waals surface area contributed by atoms with Crippen molar-refractivity contribution < 1.29 is 18.0 Å². The number of anilines is 1. The van der Waals surface area contributed by atoms with E-state index in [1.165, 1.54) is 4.31 Å². The predicted molar refractivity (Wildman–Crippen MR) is 172 cm³/mol. The van der Waals surface area contributed by atoms with Crippen LogP contribution in [0.5, 0.6) is 0 Å². The summed E-state index contributed by atoms with van der Waals surface area (Å²) in [6.45, 7) is 4.07. The highest BCUT2D eigenvalue weighted by atomic mass is 35.5. The maximum absolute atomic E-state index is 13.9. The third-order valence-corrected chi connectivity index (χ3v) is 9.03. The van der Waals surface area contributed by atoms with E-state index in [0.29, 0.717) is 32.7 Å². The van der Waals surface area contributed by atoms with E-state index in [9.17, 15) is 18.0 Å². The Bertz CT molecular complexity index is 1470. The van der Waals surface area contributed by atoms with Gasteiger partial charge in [-0.3, -0.25) is 13.9 Å². The van der Waals surface area contributed by atoms with E-state index in [0.717, 1.165) is 18.2 Å². The Kier molecular flexibility index (Phi) is 12.5. The maximum Gasteiger partial charge on any atom is 0.243 e. The van der Waals surface area contributed by atoms with Crippen LogP contribution in [-0.4, -0.2) is 50.0 Å². The van der Waals surface area contributed by atoms with E-state index in [1.54, 1.807) is 47.4 Å². The molecule has 2 atom stereocenters. The highest BCUT2D eigenvalue weighted by Gasteiger charge is 2.31. The van der Waals surface area contributed by atoms with Gasteiger partial charge in [-0.1, -0.05) is 84.2 Å². The molecule has 0 fully saturated rings. The summed E-state index contributed by atoms with van der Waals surface area (Å²) >= 11 is 18.5. The third-order valence-electron chi connectivity index (χ3n) is 6.86. The summed E-state index contributed by atoms with van der Waals surface area (Å²) in [6.07, 6.45) is 2.38. The highest BCUT2D eigenvalue weighted by molar-refractivity contribution is 7.92. The van der Waals surface area contributed by atoms with Crippen molar-refractivity contribution >= 4 is 62.3 Å². The second-order valence-corrected chi connectivity index (χ2v) is 13.4. The monoisotopic (exact) mass is 651 g/mol. The zero-order valence-electron chi connectivity index (χ0n) is 23.9. The van der Waals surface area contributed by atoms with Crippen LogP contribution >= 0.6 is 34.8 Å². The zero-order chi connectivity index (χ0) is 30.9. The normalized spacial score (nSPS) is 12.8. The summed E-state index contributed by atoms with van der Waals surface area (Å²) in [5.41, 5.74) is 2.03. The lowest BCUT2D eigenvalue weighted by Gasteiger charge is -2.33. The van der Waals surface area contributed by atoms with Crippen LogP contribution in [0, 0.1) is 0 Å². The Morgan fingerprint density at radius 1 is 0.905 bits per heavy atom. The molecule has 0 radical (unpaired) electrons. The van der Waals surface area contributed by atoms with Crippen molar-refractivity contribution in [3.63, 3.8) is 0 Å². The number of rotatable bonds is 14. The molecule has 3 aromatic rings. The maximum atomic E-state index is 13.9. The van der Waals surface area contributed by atoms with Crippen LogP contribution in [0.25, 0.3) is 0 Å². The van der Waals surface area contributed by atoms with Gasteiger partial charge in [-0.25, -0.2) is 8.42 Å². The molecule has 0 saturated carbocycles. The number of carbonyl (C=O) groups is 2. The first-order valence-electron chi connectivity index (χ1n) is 13.7. The standard InChI is InChI=1S/C31H36Cl3N3O4S/c1-4-22(2)35-31(39)29(19-23-10-6-5-7-11-23)36(21-24-15-16-27(33)28(34)18-24)30(38)14-9-17-37(42(3,40)41)26-13-8-12-25(32)20-26/h5-8,10-13,15-16,18,20,22,29H,4,9,14,17,19,21H2,1-3H3,(H,35,39)/t22-,29-/m1/s1. The van der Waals surface area contributed by atoms with Gasteiger partial charge in [0.1, 0.15) is 6.04 Å². The third kappa shape index (κ3) is 9.90. The molecule has 0 spiro atoms. The van der Waals surface area contributed by atoms with Gasteiger partial charge in [0.05, 0.1) is 22.0 Å². The average Bonchev–Trinajstić information content (AvgIpc) is 2.94. The minimum absolute atomic E-state index is 0.00973. The minimum atomic E-state index is -3.64. The second-order valence-electron chi connectivity index (χ2n) is 10.2. The molecule has 1 N–H and O–H groups in total. The molecule has 7 nitrogen and oxygen atoms in total. The molecule has 0 saturated heterocycles. The van der Waals surface area contributed by atoms with E-state index in [-0.39, 0.29) is 43.8 Å². The topological polar surface area (TPSA) is 86.8 Å². The molecule has 0 aliphatic rings. The van der Waals surface area contributed by atoms with E-state index < -0.39 is 16.1 Å². The molecule has 0 aliphatic heterocycles. The summed E-state index contributed by atoms with van der Waals surface area (Å²) in [5, 5.41) is 4.16. The lowest BCUT2D eigenvalue weighted by atomic mass is 10.0. The van der Waals surface area contributed by atoms with Crippen molar-refractivity contribution in [2.45, 2.75) is 58.2 Å². The van der Waals surface area contributed by atoms with Crippen LogP contribution in [0.4, 0.5) is 5.69 Å². The van der Waals surface area contributed by atoms with Gasteiger partial charge in [-0.15, -0.1) is 0 Å². The Labute approximate surface area is 263 Å². The summed E-state index contributed by atoms with van der Waals surface area (Å²) in [7, 11) is -3.64. The molecule has 0 aliphatic carbocycles. The fourth-order valence-electron chi connectivity index (χ4n) is 4.46. The molecule has 226 valence electrons. The lowest BCUT2D eigenvalue weighted by molar-refractivity contribution is -0.141. The number of benzene rings is 3. The van der Waals surface area contributed by atoms with Crippen LogP contribution in [0.15, 0.2) is 72.8 Å². The van der Waals surface area contributed by atoms with Crippen molar-refractivity contribution in [2.24, 2.45) is 0 Å². The van der Waals surface area contributed by atoms with E-state index in [1.807, 2.05) is 44.2 Å². The van der Waals surface area contributed by atoms with E-state index in [2.05, 4.69) is 5.32 Å². The molecule has 2 amide bonds. The molecule has 0 unspecified atom stereocenters. The van der Waals surface area contributed by atoms with Crippen LogP contribution in [0.3, 0.4) is 0 Å². The number of sulfonamides is 1. The molecule has 3 rings (SSSR count).